The van der Waals surface area contributed by atoms with Gasteiger partial charge in [0.2, 0.25) is 0 Å². The molecule has 3 aromatic carbocycles. The molecule has 0 bridgehead atoms. The first-order valence-electron chi connectivity index (χ1n) is 13.9. The molecule has 214 valence electrons. The van der Waals surface area contributed by atoms with E-state index in [0.29, 0.717) is 17.1 Å². The molecule has 0 spiro atoms. The number of aromatic nitrogens is 2. The monoisotopic (exact) mass is 581 g/mol. The van der Waals surface area contributed by atoms with E-state index >= 15 is 0 Å². The SMILES string of the molecule is COC(=O)c1ccc(N2CCC(Cc3ccccc3-c3ccc(Cl)cc3)(OC)CC2)cc1Oc1cnc2[nH]ccc2c1. The van der Waals surface area contributed by atoms with Crippen molar-refractivity contribution in [2.24, 2.45) is 0 Å². The maximum atomic E-state index is 12.6. The van der Waals surface area contributed by atoms with Gasteiger partial charge in [-0.05, 0) is 65.9 Å². The van der Waals surface area contributed by atoms with Gasteiger partial charge >= 0.3 is 5.97 Å². The molecule has 0 aliphatic carbocycles. The summed E-state index contributed by atoms with van der Waals surface area (Å²) >= 11 is 6.14. The predicted octanol–water partition coefficient (Wildman–Crippen LogP) is 7.69. The first-order valence-corrected chi connectivity index (χ1v) is 14.3. The number of hydrogen-bond donors (Lipinski definition) is 1. The number of pyridine rings is 1. The van der Waals surface area contributed by atoms with Crippen LogP contribution in [0.2, 0.25) is 5.02 Å². The Hall–Kier alpha value is -4.33. The number of ether oxygens (including phenoxy) is 3. The van der Waals surface area contributed by atoms with Crippen molar-refractivity contribution in [2.45, 2.75) is 24.9 Å². The molecule has 0 radical (unpaired) electrons. The van der Waals surface area contributed by atoms with E-state index in [4.69, 9.17) is 25.8 Å². The Bertz CT molecular complexity index is 1710. The van der Waals surface area contributed by atoms with Gasteiger partial charge in [0, 0.05) is 55.0 Å². The molecule has 1 fully saturated rings. The molecule has 0 atom stereocenters. The molecular weight excluding hydrogens is 550 g/mol. The quantitative estimate of drug-likeness (QED) is 0.189. The number of piperidine rings is 1. The Labute approximate surface area is 250 Å². The normalized spacial score (nSPS) is 14.6. The minimum absolute atomic E-state index is 0.290. The largest absolute Gasteiger partial charge is 0.465 e. The fourth-order valence-corrected chi connectivity index (χ4v) is 5.86. The van der Waals surface area contributed by atoms with Crippen molar-refractivity contribution in [3.63, 3.8) is 0 Å². The Kier molecular flexibility index (Phi) is 7.87. The number of nitrogens with zero attached hydrogens (tertiary/aromatic N) is 2. The minimum atomic E-state index is -0.455. The number of rotatable bonds is 8. The second kappa shape index (κ2) is 11.9. The number of fused-ring (bicyclic) bond motifs is 1. The van der Waals surface area contributed by atoms with E-state index in [1.54, 1.807) is 12.3 Å². The van der Waals surface area contributed by atoms with Gasteiger partial charge in [0.1, 0.15) is 22.7 Å². The number of benzene rings is 3. The molecule has 1 saturated heterocycles. The molecule has 2 aromatic heterocycles. The van der Waals surface area contributed by atoms with Crippen LogP contribution in [0.25, 0.3) is 22.2 Å². The van der Waals surface area contributed by atoms with Crippen LogP contribution in [0.4, 0.5) is 5.69 Å². The lowest BCUT2D eigenvalue weighted by atomic mass is 9.82. The fraction of sp³-hybridized carbons (Fsp3) is 0.235. The van der Waals surface area contributed by atoms with Crippen molar-refractivity contribution in [2.75, 3.05) is 32.2 Å². The summed E-state index contributed by atoms with van der Waals surface area (Å²) < 4.78 is 17.5. The van der Waals surface area contributed by atoms with Crippen molar-refractivity contribution in [1.82, 2.24) is 9.97 Å². The standard InChI is InChI=1S/C34H32ClN3O4/c1-40-33(39)30-12-11-27(20-31(30)42-28-19-24-13-16-36-32(24)37-22-28)38-17-14-34(41-2,15-18-38)21-25-5-3-4-6-29(25)23-7-9-26(35)10-8-23/h3-13,16,19-20,22H,14-15,17-18,21H2,1-2H3,(H,36,37). The molecule has 7 nitrogen and oxygen atoms in total. The zero-order valence-electron chi connectivity index (χ0n) is 23.6. The van der Waals surface area contributed by atoms with E-state index in [-0.39, 0.29) is 5.60 Å². The van der Waals surface area contributed by atoms with Gasteiger partial charge in [-0.3, -0.25) is 0 Å². The van der Waals surface area contributed by atoms with E-state index in [9.17, 15) is 4.79 Å². The average molecular weight is 582 g/mol. The maximum absolute atomic E-state index is 12.6. The smallest absolute Gasteiger partial charge is 0.341 e. The highest BCUT2D eigenvalue weighted by molar-refractivity contribution is 6.30. The lowest BCUT2D eigenvalue weighted by molar-refractivity contribution is -0.0288. The average Bonchev–Trinajstić information content (AvgIpc) is 3.50. The molecule has 1 N–H and O–H groups in total. The van der Waals surface area contributed by atoms with Crippen molar-refractivity contribution in [3.05, 3.63) is 107 Å². The number of hydrogen-bond acceptors (Lipinski definition) is 6. The summed E-state index contributed by atoms with van der Waals surface area (Å²) in [5.74, 6) is 0.515. The Morgan fingerprint density at radius 3 is 2.55 bits per heavy atom. The first-order chi connectivity index (χ1) is 20.5. The number of carbonyl (C=O) groups excluding carboxylic acids is 1. The Balaban J connectivity index is 1.22. The lowest BCUT2D eigenvalue weighted by Gasteiger charge is -2.42. The van der Waals surface area contributed by atoms with Gasteiger partial charge in [-0.15, -0.1) is 0 Å². The second-order valence-electron chi connectivity index (χ2n) is 10.6. The van der Waals surface area contributed by atoms with Gasteiger partial charge in [0.05, 0.1) is 18.9 Å². The van der Waals surface area contributed by atoms with Crippen LogP contribution in [-0.2, 0) is 15.9 Å². The highest BCUT2D eigenvalue weighted by atomic mass is 35.5. The van der Waals surface area contributed by atoms with Crippen LogP contribution in [-0.4, -0.2) is 48.8 Å². The summed E-state index contributed by atoms with van der Waals surface area (Å²) in [4.78, 5) is 22.4. The van der Waals surface area contributed by atoms with Gasteiger partial charge < -0.3 is 24.1 Å². The van der Waals surface area contributed by atoms with E-state index in [0.717, 1.165) is 59.7 Å². The Morgan fingerprint density at radius 1 is 1.00 bits per heavy atom. The molecule has 1 aliphatic rings. The molecule has 8 heteroatoms. The number of carbonyl (C=O) groups is 1. The molecule has 42 heavy (non-hydrogen) atoms. The topological polar surface area (TPSA) is 76.7 Å². The van der Waals surface area contributed by atoms with Crippen LogP contribution in [0, 0.1) is 0 Å². The van der Waals surface area contributed by atoms with Crippen LogP contribution in [0.5, 0.6) is 11.5 Å². The summed E-state index contributed by atoms with van der Waals surface area (Å²) in [6.45, 7) is 1.59. The number of aromatic amines is 1. The number of nitrogens with one attached hydrogen (secondary N) is 1. The van der Waals surface area contributed by atoms with Gasteiger partial charge in [-0.2, -0.15) is 0 Å². The molecule has 0 unspecified atom stereocenters. The van der Waals surface area contributed by atoms with Crippen LogP contribution in [0.15, 0.2) is 91.3 Å². The summed E-state index contributed by atoms with van der Waals surface area (Å²) in [7, 11) is 3.18. The van der Waals surface area contributed by atoms with Crippen LogP contribution >= 0.6 is 11.6 Å². The van der Waals surface area contributed by atoms with E-state index < -0.39 is 5.97 Å². The predicted molar refractivity (Wildman–Crippen MR) is 166 cm³/mol. The van der Waals surface area contributed by atoms with Crippen molar-refractivity contribution >= 4 is 34.3 Å². The minimum Gasteiger partial charge on any atom is -0.465 e. The third-order valence-electron chi connectivity index (χ3n) is 8.13. The van der Waals surface area contributed by atoms with Crippen LogP contribution in [0.1, 0.15) is 28.8 Å². The number of methoxy groups -OCH3 is 2. The second-order valence-corrected chi connectivity index (χ2v) is 11.0. The van der Waals surface area contributed by atoms with Crippen molar-refractivity contribution in [1.29, 1.82) is 0 Å². The highest BCUT2D eigenvalue weighted by Gasteiger charge is 2.36. The van der Waals surface area contributed by atoms with Crippen molar-refractivity contribution in [3.8, 4) is 22.6 Å². The van der Waals surface area contributed by atoms with Crippen molar-refractivity contribution < 1.29 is 19.0 Å². The summed E-state index contributed by atoms with van der Waals surface area (Å²) in [6.07, 6.45) is 5.97. The molecule has 0 saturated carbocycles. The highest BCUT2D eigenvalue weighted by Crippen LogP contribution is 2.37. The zero-order chi connectivity index (χ0) is 29.1. The molecule has 3 heterocycles. The summed E-state index contributed by atoms with van der Waals surface area (Å²) in [5.41, 5.74) is 5.40. The Morgan fingerprint density at radius 2 is 1.79 bits per heavy atom. The number of esters is 1. The zero-order valence-corrected chi connectivity index (χ0v) is 24.4. The van der Waals surface area contributed by atoms with E-state index in [1.807, 2.05) is 49.7 Å². The third-order valence-corrected chi connectivity index (χ3v) is 8.38. The molecule has 1 aliphatic heterocycles. The number of H-pyrrole nitrogens is 1. The van der Waals surface area contributed by atoms with E-state index in [2.05, 4.69) is 51.3 Å². The lowest BCUT2D eigenvalue weighted by Crippen LogP contribution is -2.47. The van der Waals surface area contributed by atoms with Gasteiger partial charge in [-0.25, -0.2) is 9.78 Å². The summed E-state index contributed by atoms with van der Waals surface area (Å²) in [5, 5.41) is 1.65. The third kappa shape index (κ3) is 5.71. The number of halogens is 1. The van der Waals surface area contributed by atoms with Gasteiger partial charge in [0.15, 0.2) is 0 Å². The van der Waals surface area contributed by atoms with Crippen LogP contribution in [0.3, 0.4) is 0 Å². The summed E-state index contributed by atoms with van der Waals surface area (Å²) in [6, 6.07) is 25.9. The number of anilines is 1. The first kappa shape index (κ1) is 27.8. The van der Waals surface area contributed by atoms with Crippen LogP contribution < -0.4 is 9.64 Å². The van der Waals surface area contributed by atoms with Gasteiger partial charge in [-0.1, -0.05) is 48.0 Å². The molecular formula is C34H32ClN3O4. The fourth-order valence-electron chi connectivity index (χ4n) is 5.73. The van der Waals surface area contributed by atoms with E-state index in [1.165, 1.54) is 18.2 Å². The molecule has 6 rings (SSSR count). The maximum Gasteiger partial charge on any atom is 0.341 e. The van der Waals surface area contributed by atoms with Gasteiger partial charge in [0.25, 0.3) is 0 Å². The molecule has 5 aromatic rings. The molecule has 0 amide bonds.